The van der Waals surface area contributed by atoms with E-state index in [0.717, 1.165) is 35.8 Å². The van der Waals surface area contributed by atoms with Crippen molar-refractivity contribution in [2.45, 2.75) is 11.7 Å². The molecule has 1 aliphatic rings. The van der Waals surface area contributed by atoms with E-state index in [9.17, 15) is 8.78 Å². The van der Waals surface area contributed by atoms with E-state index < -0.39 is 0 Å². The standard InChI is InChI=1S/C17H16F2N2S/c18-14-6-2-12(3-7-14)16(13-4-8-15(19)9-5-13)22-17-20-10-1-11-21-17/h2-9,16H,1,10-11H2,(H,20,21). The van der Waals surface area contributed by atoms with Crippen molar-refractivity contribution in [1.82, 2.24) is 5.32 Å². The smallest absolute Gasteiger partial charge is 0.157 e. The Kier molecular flexibility index (Phi) is 4.73. The van der Waals surface area contributed by atoms with Gasteiger partial charge in [0.15, 0.2) is 5.17 Å². The first-order chi connectivity index (χ1) is 10.7. The third-order valence-corrected chi connectivity index (χ3v) is 4.72. The molecule has 0 spiro atoms. The molecule has 1 aliphatic heterocycles. The Bertz CT molecular complexity index is 608. The summed E-state index contributed by atoms with van der Waals surface area (Å²) in [6, 6.07) is 12.8. The number of benzene rings is 2. The van der Waals surface area contributed by atoms with Crippen LogP contribution in [0.15, 0.2) is 53.5 Å². The summed E-state index contributed by atoms with van der Waals surface area (Å²) in [7, 11) is 0. The third kappa shape index (κ3) is 3.65. The zero-order chi connectivity index (χ0) is 15.4. The molecule has 0 aliphatic carbocycles. The summed E-state index contributed by atoms with van der Waals surface area (Å²) in [5.41, 5.74) is 1.93. The molecule has 2 aromatic rings. The number of hydrogen-bond acceptors (Lipinski definition) is 3. The summed E-state index contributed by atoms with van der Waals surface area (Å²) in [6.45, 7) is 1.72. The highest BCUT2D eigenvalue weighted by Gasteiger charge is 2.19. The fourth-order valence-electron chi connectivity index (χ4n) is 2.31. The summed E-state index contributed by atoms with van der Waals surface area (Å²) < 4.78 is 26.3. The number of amidine groups is 1. The Morgan fingerprint density at radius 3 is 1.91 bits per heavy atom. The van der Waals surface area contributed by atoms with Gasteiger partial charge in [-0.25, -0.2) is 8.78 Å². The van der Waals surface area contributed by atoms with Gasteiger partial charge in [0.1, 0.15) is 11.6 Å². The van der Waals surface area contributed by atoms with Crippen LogP contribution in [0.25, 0.3) is 0 Å². The van der Waals surface area contributed by atoms with Crippen LogP contribution in [0, 0.1) is 11.6 Å². The molecule has 0 bridgehead atoms. The van der Waals surface area contributed by atoms with Gasteiger partial charge in [-0.05, 0) is 41.8 Å². The van der Waals surface area contributed by atoms with Crippen LogP contribution in [0.3, 0.4) is 0 Å². The van der Waals surface area contributed by atoms with E-state index in [1.54, 1.807) is 36.0 Å². The predicted molar refractivity (Wildman–Crippen MR) is 87.2 cm³/mol. The summed E-state index contributed by atoms with van der Waals surface area (Å²) in [5, 5.41) is 4.11. The molecule has 3 rings (SSSR count). The SMILES string of the molecule is Fc1ccc(C(SC2=NCCCN2)c2ccc(F)cc2)cc1. The zero-order valence-electron chi connectivity index (χ0n) is 11.9. The largest absolute Gasteiger partial charge is 0.365 e. The van der Waals surface area contributed by atoms with Crippen molar-refractivity contribution in [3.05, 3.63) is 71.3 Å². The lowest BCUT2D eigenvalue weighted by atomic mass is 10.0. The molecule has 0 saturated carbocycles. The maximum Gasteiger partial charge on any atom is 0.157 e. The summed E-state index contributed by atoms with van der Waals surface area (Å²) in [5.74, 6) is -0.528. The minimum Gasteiger partial charge on any atom is -0.365 e. The number of hydrogen-bond donors (Lipinski definition) is 1. The van der Waals surface area contributed by atoms with Crippen molar-refractivity contribution >= 4 is 16.9 Å². The number of nitrogens with one attached hydrogen (secondary N) is 1. The van der Waals surface area contributed by atoms with Crippen molar-refractivity contribution in [3.8, 4) is 0 Å². The van der Waals surface area contributed by atoms with E-state index in [1.807, 2.05) is 0 Å². The second kappa shape index (κ2) is 6.92. The number of rotatable bonds is 3. The van der Waals surface area contributed by atoms with Gasteiger partial charge in [-0.15, -0.1) is 0 Å². The Morgan fingerprint density at radius 1 is 0.909 bits per heavy atom. The van der Waals surface area contributed by atoms with Gasteiger partial charge in [0, 0.05) is 13.1 Å². The van der Waals surface area contributed by atoms with Crippen LogP contribution in [0.2, 0.25) is 0 Å². The molecule has 114 valence electrons. The van der Waals surface area contributed by atoms with Crippen molar-refractivity contribution < 1.29 is 8.78 Å². The van der Waals surface area contributed by atoms with Gasteiger partial charge in [0.05, 0.1) is 5.25 Å². The van der Waals surface area contributed by atoms with Gasteiger partial charge in [-0.3, -0.25) is 4.99 Å². The van der Waals surface area contributed by atoms with E-state index in [0.29, 0.717) is 0 Å². The topological polar surface area (TPSA) is 24.4 Å². The summed E-state index contributed by atoms with van der Waals surface area (Å²) in [6.07, 6.45) is 1.03. The van der Waals surface area contributed by atoms with Crippen LogP contribution in [-0.4, -0.2) is 18.3 Å². The monoisotopic (exact) mass is 318 g/mol. The fourth-order valence-corrected chi connectivity index (χ4v) is 3.47. The summed E-state index contributed by atoms with van der Waals surface area (Å²) in [4.78, 5) is 4.48. The van der Waals surface area contributed by atoms with Crippen molar-refractivity contribution in [2.24, 2.45) is 4.99 Å². The van der Waals surface area contributed by atoms with Gasteiger partial charge >= 0.3 is 0 Å². The van der Waals surface area contributed by atoms with Crippen LogP contribution in [-0.2, 0) is 0 Å². The molecule has 0 unspecified atom stereocenters. The van der Waals surface area contributed by atoms with Crippen LogP contribution < -0.4 is 5.32 Å². The van der Waals surface area contributed by atoms with Crippen molar-refractivity contribution in [3.63, 3.8) is 0 Å². The molecule has 2 nitrogen and oxygen atoms in total. The number of thioether (sulfide) groups is 1. The van der Waals surface area contributed by atoms with Crippen LogP contribution in [0.1, 0.15) is 22.8 Å². The number of aliphatic imine (C=N–C) groups is 1. The molecule has 0 fully saturated rings. The molecule has 1 heterocycles. The fraction of sp³-hybridized carbons (Fsp3) is 0.235. The molecule has 0 atom stereocenters. The Morgan fingerprint density at radius 2 is 1.45 bits per heavy atom. The lowest BCUT2D eigenvalue weighted by molar-refractivity contribution is 0.626. The molecule has 5 heteroatoms. The first kappa shape index (κ1) is 15.0. The number of halogens is 2. The van der Waals surface area contributed by atoms with E-state index >= 15 is 0 Å². The highest BCUT2D eigenvalue weighted by atomic mass is 32.2. The molecule has 0 radical (unpaired) electrons. The van der Waals surface area contributed by atoms with Gasteiger partial charge < -0.3 is 5.32 Å². The van der Waals surface area contributed by atoms with Crippen molar-refractivity contribution in [1.29, 1.82) is 0 Å². The van der Waals surface area contributed by atoms with Gasteiger partial charge in [0.25, 0.3) is 0 Å². The Hall–Kier alpha value is -1.88. The Balaban J connectivity index is 1.92. The predicted octanol–water partition coefficient (Wildman–Crippen LogP) is 4.14. The summed E-state index contributed by atoms with van der Waals surface area (Å²) >= 11 is 1.58. The Labute approximate surface area is 132 Å². The number of nitrogens with zero attached hydrogens (tertiary/aromatic N) is 1. The first-order valence-electron chi connectivity index (χ1n) is 7.18. The maximum atomic E-state index is 13.2. The zero-order valence-corrected chi connectivity index (χ0v) is 12.7. The molecular formula is C17H16F2N2S. The molecule has 0 saturated heterocycles. The minimum atomic E-state index is -0.264. The third-order valence-electron chi connectivity index (χ3n) is 3.44. The second-order valence-corrected chi connectivity index (χ2v) is 6.16. The van der Waals surface area contributed by atoms with Crippen LogP contribution in [0.4, 0.5) is 8.78 Å². The quantitative estimate of drug-likeness (QED) is 0.920. The molecule has 2 aromatic carbocycles. The van der Waals surface area contributed by atoms with E-state index in [2.05, 4.69) is 10.3 Å². The van der Waals surface area contributed by atoms with Gasteiger partial charge in [0.2, 0.25) is 0 Å². The molecule has 22 heavy (non-hydrogen) atoms. The van der Waals surface area contributed by atoms with Crippen LogP contribution in [0.5, 0.6) is 0 Å². The second-order valence-electron chi connectivity index (χ2n) is 5.07. The average Bonchev–Trinajstić information content (AvgIpc) is 2.56. The van der Waals surface area contributed by atoms with Crippen molar-refractivity contribution in [2.75, 3.05) is 13.1 Å². The van der Waals surface area contributed by atoms with E-state index in [1.165, 1.54) is 24.3 Å². The molecule has 0 amide bonds. The van der Waals surface area contributed by atoms with Gasteiger partial charge in [-0.2, -0.15) is 0 Å². The molecule has 1 N–H and O–H groups in total. The normalized spacial score (nSPS) is 14.6. The van der Waals surface area contributed by atoms with E-state index in [-0.39, 0.29) is 16.9 Å². The highest BCUT2D eigenvalue weighted by Crippen LogP contribution is 2.36. The maximum absolute atomic E-state index is 13.2. The lowest BCUT2D eigenvalue weighted by Crippen LogP contribution is -2.27. The van der Waals surface area contributed by atoms with Crippen LogP contribution >= 0.6 is 11.8 Å². The van der Waals surface area contributed by atoms with Gasteiger partial charge in [-0.1, -0.05) is 36.0 Å². The first-order valence-corrected chi connectivity index (χ1v) is 8.06. The molecular weight excluding hydrogens is 302 g/mol. The van der Waals surface area contributed by atoms with E-state index in [4.69, 9.17) is 0 Å². The molecule has 0 aromatic heterocycles. The minimum absolute atomic E-state index is 0.0504. The lowest BCUT2D eigenvalue weighted by Gasteiger charge is -2.21. The highest BCUT2D eigenvalue weighted by molar-refractivity contribution is 8.14. The average molecular weight is 318 g/mol.